The second-order valence-electron chi connectivity index (χ2n) is 3.85. The van der Waals surface area contributed by atoms with Crippen LogP contribution >= 0.6 is 11.6 Å². The van der Waals surface area contributed by atoms with Gasteiger partial charge in [-0.1, -0.05) is 16.8 Å². The summed E-state index contributed by atoms with van der Waals surface area (Å²) in [4.78, 5) is 0. The zero-order valence-corrected chi connectivity index (χ0v) is 11.2. The average molecular weight is 312 g/mol. The van der Waals surface area contributed by atoms with Crippen LogP contribution in [0.5, 0.6) is 5.75 Å². The first-order valence-corrected chi connectivity index (χ1v) is 5.79. The maximum absolute atomic E-state index is 12.7. The van der Waals surface area contributed by atoms with Crippen molar-refractivity contribution in [1.29, 1.82) is 0 Å². The molecule has 0 bridgehead atoms. The van der Waals surface area contributed by atoms with Gasteiger partial charge in [-0.05, 0) is 18.2 Å². The number of nitrogens with two attached hydrogens (primary N) is 1. The normalized spacial score (nSPS) is 13.9. The zero-order valence-electron chi connectivity index (χ0n) is 10.4. The van der Waals surface area contributed by atoms with Gasteiger partial charge in [0.15, 0.2) is 5.84 Å². The van der Waals surface area contributed by atoms with E-state index in [4.69, 9.17) is 27.3 Å². The molecule has 1 atom stereocenters. The SMILES string of the molecule is COc1ccc(NCC(/C(N)=N/O)C(F)(F)F)cc1Cl. The highest BCUT2D eigenvalue weighted by Crippen LogP contribution is 2.29. The molecule has 1 unspecified atom stereocenters. The highest BCUT2D eigenvalue weighted by atomic mass is 35.5. The van der Waals surface area contributed by atoms with Crippen LogP contribution in [-0.2, 0) is 0 Å². The molecule has 0 aromatic heterocycles. The molecule has 20 heavy (non-hydrogen) atoms. The summed E-state index contributed by atoms with van der Waals surface area (Å²) in [5.74, 6) is -2.61. The number of hydrogen-bond acceptors (Lipinski definition) is 4. The number of amidine groups is 1. The summed E-state index contributed by atoms with van der Waals surface area (Å²) < 4.78 is 43.0. The number of alkyl halides is 3. The molecule has 0 aliphatic carbocycles. The smallest absolute Gasteiger partial charge is 0.400 e. The fourth-order valence-corrected chi connectivity index (χ4v) is 1.71. The summed E-state index contributed by atoms with van der Waals surface area (Å²) >= 11 is 5.85. The quantitative estimate of drug-likeness (QED) is 0.338. The Labute approximate surface area is 118 Å². The van der Waals surface area contributed by atoms with E-state index in [1.165, 1.54) is 25.3 Å². The first kappa shape index (κ1) is 16.2. The van der Waals surface area contributed by atoms with Gasteiger partial charge in [-0.3, -0.25) is 0 Å². The number of oxime groups is 1. The molecule has 4 N–H and O–H groups in total. The van der Waals surface area contributed by atoms with Crippen LogP contribution in [0.4, 0.5) is 18.9 Å². The van der Waals surface area contributed by atoms with Crippen molar-refractivity contribution in [2.24, 2.45) is 16.8 Å². The van der Waals surface area contributed by atoms with Gasteiger partial charge in [0.1, 0.15) is 11.7 Å². The number of ether oxygens (including phenoxy) is 1. The minimum Gasteiger partial charge on any atom is -0.495 e. The highest BCUT2D eigenvalue weighted by Gasteiger charge is 2.42. The number of hydrogen-bond donors (Lipinski definition) is 3. The minimum absolute atomic E-state index is 0.254. The molecule has 5 nitrogen and oxygen atoms in total. The number of halogens is 4. The van der Waals surface area contributed by atoms with E-state index in [2.05, 4.69) is 10.5 Å². The lowest BCUT2D eigenvalue weighted by Gasteiger charge is -2.20. The van der Waals surface area contributed by atoms with Crippen LogP contribution in [0.2, 0.25) is 5.02 Å². The molecule has 1 aromatic carbocycles. The molecule has 0 amide bonds. The molecule has 0 radical (unpaired) electrons. The van der Waals surface area contributed by atoms with Gasteiger partial charge in [-0.15, -0.1) is 0 Å². The summed E-state index contributed by atoms with van der Waals surface area (Å²) in [5, 5.41) is 13.6. The third-order valence-corrected chi connectivity index (χ3v) is 2.83. The van der Waals surface area contributed by atoms with E-state index in [0.717, 1.165) is 0 Å². The molecular formula is C11H13ClF3N3O2. The standard InChI is InChI=1S/C11H13ClF3N3O2/c1-20-9-3-2-6(4-8(9)12)17-5-7(10(16)18-19)11(13,14)15/h2-4,7,17,19H,5H2,1H3,(H2,16,18). The third kappa shape index (κ3) is 4.09. The lowest BCUT2D eigenvalue weighted by molar-refractivity contribution is -0.152. The topological polar surface area (TPSA) is 79.9 Å². The first-order chi connectivity index (χ1) is 9.29. The van der Waals surface area contributed by atoms with Gasteiger partial charge in [-0.25, -0.2) is 0 Å². The van der Waals surface area contributed by atoms with E-state index in [1.54, 1.807) is 0 Å². The van der Waals surface area contributed by atoms with Crippen molar-refractivity contribution in [3.05, 3.63) is 23.2 Å². The van der Waals surface area contributed by atoms with Crippen LogP contribution < -0.4 is 15.8 Å². The van der Waals surface area contributed by atoms with Crippen LogP contribution in [-0.4, -0.2) is 30.9 Å². The summed E-state index contributed by atoms with van der Waals surface area (Å²) in [6, 6.07) is 4.43. The summed E-state index contributed by atoms with van der Waals surface area (Å²) in [7, 11) is 1.42. The average Bonchev–Trinajstić information content (AvgIpc) is 2.37. The van der Waals surface area contributed by atoms with Crippen LogP contribution in [0.15, 0.2) is 23.4 Å². The fraction of sp³-hybridized carbons (Fsp3) is 0.364. The third-order valence-electron chi connectivity index (χ3n) is 2.53. The van der Waals surface area contributed by atoms with E-state index in [9.17, 15) is 13.2 Å². The lowest BCUT2D eigenvalue weighted by atomic mass is 10.1. The van der Waals surface area contributed by atoms with Gasteiger partial charge in [0.05, 0.1) is 12.1 Å². The molecule has 9 heteroatoms. The van der Waals surface area contributed by atoms with E-state index in [-0.39, 0.29) is 5.02 Å². The van der Waals surface area contributed by atoms with E-state index in [1.807, 2.05) is 0 Å². The summed E-state index contributed by atoms with van der Waals surface area (Å²) in [5.41, 5.74) is 5.39. The second kappa shape index (κ2) is 6.56. The van der Waals surface area contributed by atoms with Crippen LogP contribution in [0.1, 0.15) is 0 Å². The number of methoxy groups -OCH3 is 1. The van der Waals surface area contributed by atoms with Crippen LogP contribution in [0, 0.1) is 5.92 Å². The first-order valence-electron chi connectivity index (χ1n) is 5.41. The van der Waals surface area contributed by atoms with Crippen LogP contribution in [0.3, 0.4) is 0 Å². The van der Waals surface area contributed by atoms with Crippen molar-refractivity contribution in [1.82, 2.24) is 0 Å². The van der Waals surface area contributed by atoms with Gasteiger partial charge in [-0.2, -0.15) is 13.2 Å². The molecule has 0 heterocycles. The Morgan fingerprint density at radius 1 is 1.55 bits per heavy atom. The maximum atomic E-state index is 12.7. The number of anilines is 1. The van der Waals surface area contributed by atoms with Gasteiger partial charge < -0.3 is 21.0 Å². The van der Waals surface area contributed by atoms with Crippen molar-refractivity contribution in [3.8, 4) is 5.75 Å². The molecule has 1 rings (SSSR count). The Hall–Kier alpha value is -1.83. The van der Waals surface area contributed by atoms with Crippen molar-refractivity contribution in [2.45, 2.75) is 6.18 Å². The molecule has 0 aliphatic rings. The number of nitrogens with one attached hydrogen (secondary N) is 1. The van der Waals surface area contributed by atoms with Gasteiger partial charge in [0.25, 0.3) is 0 Å². The molecule has 0 spiro atoms. The fourth-order valence-electron chi connectivity index (χ4n) is 1.45. The lowest BCUT2D eigenvalue weighted by Crippen LogP contribution is -2.40. The monoisotopic (exact) mass is 311 g/mol. The van der Waals surface area contributed by atoms with Gasteiger partial charge in [0.2, 0.25) is 0 Å². The number of rotatable bonds is 5. The Bertz CT molecular complexity index is 494. The highest BCUT2D eigenvalue weighted by molar-refractivity contribution is 6.32. The second-order valence-corrected chi connectivity index (χ2v) is 4.26. The molecule has 0 saturated carbocycles. The molecule has 0 saturated heterocycles. The molecule has 0 aliphatic heterocycles. The zero-order chi connectivity index (χ0) is 15.3. The van der Waals surface area contributed by atoms with Crippen LogP contribution in [0.25, 0.3) is 0 Å². The summed E-state index contributed by atoms with van der Waals surface area (Å²) in [6.45, 7) is -0.581. The van der Waals surface area contributed by atoms with Crippen molar-refractivity contribution in [2.75, 3.05) is 19.0 Å². The minimum atomic E-state index is -4.63. The van der Waals surface area contributed by atoms with Crippen molar-refractivity contribution < 1.29 is 23.1 Å². The Balaban J connectivity index is 2.80. The Morgan fingerprint density at radius 2 is 2.20 bits per heavy atom. The largest absolute Gasteiger partial charge is 0.495 e. The predicted molar refractivity (Wildman–Crippen MR) is 69.4 cm³/mol. The number of benzene rings is 1. The van der Waals surface area contributed by atoms with E-state index in [0.29, 0.717) is 11.4 Å². The van der Waals surface area contributed by atoms with E-state index < -0.39 is 24.5 Å². The molecular weight excluding hydrogens is 299 g/mol. The maximum Gasteiger partial charge on any atom is 0.400 e. The summed E-state index contributed by atoms with van der Waals surface area (Å²) in [6.07, 6.45) is -4.63. The van der Waals surface area contributed by atoms with Crippen molar-refractivity contribution >= 4 is 23.1 Å². The van der Waals surface area contributed by atoms with Gasteiger partial charge in [0, 0.05) is 12.2 Å². The van der Waals surface area contributed by atoms with E-state index >= 15 is 0 Å². The Morgan fingerprint density at radius 3 is 2.65 bits per heavy atom. The van der Waals surface area contributed by atoms with Crippen molar-refractivity contribution in [3.63, 3.8) is 0 Å². The number of nitrogens with zero attached hydrogens (tertiary/aromatic N) is 1. The molecule has 0 fully saturated rings. The Kier molecular flexibility index (Phi) is 5.32. The van der Waals surface area contributed by atoms with Gasteiger partial charge >= 0.3 is 6.18 Å². The molecule has 112 valence electrons. The molecule has 1 aromatic rings. The predicted octanol–water partition coefficient (Wildman–Crippen LogP) is 2.69.